The highest BCUT2D eigenvalue weighted by Crippen LogP contribution is 2.35. The maximum absolute atomic E-state index is 12.3. The average molecular weight is 501 g/mol. The lowest BCUT2D eigenvalue weighted by Gasteiger charge is -2.31. The van der Waals surface area contributed by atoms with Crippen LogP contribution in [0, 0.1) is 17.8 Å². The molecular formula is C28H40N2O6. The first-order valence-electron chi connectivity index (χ1n) is 13.8. The molecule has 2 aromatic rings. The molecule has 3 fully saturated rings. The molecule has 0 N–H and O–H groups in total. The van der Waals surface area contributed by atoms with Gasteiger partial charge in [0.1, 0.15) is 17.7 Å². The minimum absolute atomic E-state index is 0.0159. The van der Waals surface area contributed by atoms with Crippen LogP contribution >= 0.6 is 0 Å². The highest BCUT2D eigenvalue weighted by Gasteiger charge is 2.27. The normalized spacial score (nSPS) is 24.2. The lowest BCUT2D eigenvalue weighted by atomic mass is 9.96. The molecule has 36 heavy (non-hydrogen) atoms. The molecule has 3 heterocycles. The number of nitrogens with zero attached hydrogens (tertiary/aromatic N) is 2. The van der Waals surface area contributed by atoms with Gasteiger partial charge < -0.3 is 23.5 Å². The molecule has 0 spiro atoms. The van der Waals surface area contributed by atoms with Gasteiger partial charge in [0.2, 0.25) is 0 Å². The largest absolute Gasteiger partial charge is 0.492 e. The summed E-state index contributed by atoms with van der Waals surface area (Å²) in [6.45, 7) is 7.23. The average Bonchev–Trinajstić information content (AvgIpc) is 3.57. The molecule has 5 rings (SSSR count). The molecule has 1 aromatic carbocycles. The molecule has 2 atom stereocenters. The van der Waals surface area contributed by atoms with Crippen molar-refractivity contribution in [1.29, 1.82) is 0 Å². The third kappa shape index (κ3) is 6.51. The second kappa shape index (κ2) is 12.3. The van der Waals surface area contributed by atoms with Gasteiger partial charge in [-0.1, -0.05) is 18.9 Å². The summed E-state index contributed by atoms with van der Waals surface area (Å²) < 4.78 is 28.9. The number of likely N-dealkylation sites (tertiary alicyclic amines) is 1. The highest BCUT2D eigenvalue weighted by molar-refractivity contribution is 5.88. The Bertz CT molecular complexity index is 980. The first-order valence-corrected chi connectivity index (χ1v) is 13.8. The number of benzene rings is 1. The zero-order chi connectivity index (χ0) is 24.7. The number of rotatable bonds is 10. The maximum atomic E-state index is 12.3. The van der Waals surface area contributed by atoms with E-state index in [1.807, 2.05) is 25.1 Å². The Morgan fingerprint density at radius 3 is 2.64 bits per heavy atom. The fourth-order valence-corrected chi connectivity index (χ4v) is 5.72. The molecule has 0 radical (unpaired) electrons. The van der Waals surface area contributed by atoms with Gasteiger partial charge in [-0.05, 0) is 87.7 Å². The van der Waals surface area contributed by atoms with E-state index in [2.05, 4.69) is 10.1 Å². The van der Waals surface area contributed by atoms with E-state index in [1.54, 1.807) is 0 Å². The number of fused-ring (bicyclic) bond motifs is 1. The van der Waals surface area contributed by atoms with Crippen LogP contribution in [0.3, 0.4) is 0 Å². The quantitative estimate of drug-likeness (QED) is 0.428. The number of esters is 1. The van der Waals surface area contributed by atoms with Crippen molar-refractivity contribution >= 4 is 16.9 Å². The van der Waals surface area contributed by atoms with E-state index in [1.165, 1.54) is 25.7 Å². The second-order valence-corrected chi connectivity index (χ2v) is 10.7. The van der Waals surface area contributed by atoms with Crippen molar-refractivity contribution in [3.8, 4) is 11.6 Å². The third-order valence-corrected chi connectivity index (χ3v) is 8.01. The number of hydrogen-bond donors (Lipinski definition) is 0. The molecule has 8 heteroatoms. The summed E-state index contributed by atoms with van der Waals surface area (Å²) in [6, 6.07) is 5.83. The van der Waals surface area contributed by atoms with E-state index in [0.29, 0.717) is 43.1 Å². The molecule has 3 aliphatic rings. The number of carbonyl (C=O) groups excluding carboxylic acids is 1. The van der Waals surface area contributed by atoms with Crippen LogP contribution in [0.25, 0.3) is 11.0 Å². The molecule has 8 nitrogen and oxygen atoms in total. The summed E-state index contributed by atoms with van der Waals surface area (Å²) in [6.07, 6.45) is 8.88. The molecule has 1 aromatic heterocycles. The lowest BCUT2D eigenvalue weighted by molar-refractivity contribution is -0.154. The van der Waals surface area contributed by atoms with Gasteiger partial charge in [-0.25, -0.2) is 0 Å². The van der Waals surface area contributed by atoms with Crippen molar-refractivity contribution in [2.45, 2.75) is 64.4 Å². The van der Waals surface area contributed by atoms with Gasteiger partial charge in [-0.15, -0.1) is 0 Å². The fourth-order valence-electron chi connectivity index (χ4n) is 5.72. The first-order chi connectivity index (χ1) is 17.7. The number of piperidine rings is 1. The molecule has 0 amide bonds. The molecule has 2 unspecified atom stereocenters. The van der Waals surface area contributed by atoms with Crippen LogP contribution in [0.1, 0.15) is 58.3 Å². The number of aromatic nitrogens is 1. The standard InChI is InChI=1S/C28H40N2O6/c1-20-17-23(11-15-32-20)28(31)33-16-14-30-12-9-22(10-13-30)19-35-27-26-24(7-4-8-25(26)36-29-27)34-18-21-5-2-3-6-21/h4,7-8,20-23H,2-3,5-6,9-19H2,1H3. The van der Waals surface area contributed by atoms with Crippen molar-refractivity contribution in [1.82, 2.24) is 10.1 Å². The summed E-state index contributed by atoms with van der Waals surface area (Å²) >= 11 is 0. The zero-order valence-electron chi connectivity index (χ0n) is 21.5. The van der Waals surface area contributed by atoms with Crippen LogP contribution in [0.15, 0.2) is 22.7 Å². The fraction of sp³-hybridized carbons (Fsp3) is 0.714. The van der Waals surface area contributed by atoms with E-state index < -0.39 is 0 Å². The van der Waals surface area contributed by atoms with Gasteiger partial charge in [0.25, 0.3) is 5.88 Å². The third-order valence-electron chi connectivity index (χ3n) is 8.01. The van der Waals surface area contributed by atoms with Crippen LogP contribution in [-0.2, 0) is 14.3 Å². The first kappa shape index (κ1) is 25.3. The molecule has 1 aliphatic carbocycles. The lowest BCUT2D eigenvalue weighted by Crippen LogP contribution is -2.38. The molecule has 2 saturated heterocycles. The Hall–Kier alpha value is -2.32. The maximum Gasteiger partial charge on any atom is 0.309 e. The minimum Gasteiger partial charge on any atom is -0.492 e. The summed E-state index contributed by atoms with van der Waals surface area (Å²) in [4.78, 5) is 14.7. The Morgan fingerprint density at radius 1 is 1.06 bits per heavy atom. The van der Waals surface area contributed by atoms with Crippen molar-refractivity contribution < 1.29 is 28.3 Å². The molecule has 1 saturated carbocycles. The van der Waals surface area contributed by atoms with Crippen molar-refractivity contribution in [3.63, 3.8) is 0 Å². The Morgan fingerprint density at radius 2 is 1.83 bits per heavy atom. The van der Waals surface area contributed by atoms with E-state index in [9.17, 15) is 4.79 Å². The highest BCUT2D eigenvalue weighted by atomic mass is 16.5. The van der Waals surface area contributed by atoms with E-state index in [-0.39, 0.29) is 18.0 Å². The molecular weight excluding hydrogens is 460 g/mol. The smallest absolute Gasteiger partial charge is 0.309 e. The summed E-state index contributed by atoms with van der Waals surface area (Å²) in [5.74, 6) is 2.35. The van der Waals surface area contributed by atoms with E-state index >= 15 is 0 Å². The Labute approximate surface area is 213 Å². The molecule has 0 bridgehead atoms. The van der Waals surface area contributed by atoms with Gasteiger partial charge in [0.15, 0.2) is 5.58 Å². The van der Waals surface area contributed by atoms with Crippen LogP contribution in [0.2, 0.25) is 0 Å². The Balaban J connectivity index is 1.04. The van der Waals surface area contributed by atoms with E-state index in [4.69, 9.17) is 23.5 Å². The van der Waals surface area contributed by atoms with Gasteiger partial charge in [-0.3, -0.25) is 9.69 Å². The van der Waals surface area contributed by atoms with Crippen molar-refractivity contribution in [3.05, 3.63) is 18.2 Å². The monoisotopic (exact) mass is 500 g/mol. The van der Waals surface area contributed by atoms with Gasteiger partial charge in [0.05, 0.1) is 25.2 Å². The summed E-state index contributed by atoms with van der Waals surface area (Å²) in [7, 11) is 0. The van der Waals surface area contributed by atoms with Gasteiger partial charge >= 0.3 is 5.97 Å². The van der Waals surface area contributed by atoms with Crippen LogP contribution in [0.4, 0.5) is 0 Å². The van der Waals surface area contributed by atoms with Gasteiger partial charge in [-0.2, -0.15) is 0 Å². The zero-order valence-corrected chi connectivity index (χ0v) is 21.5. The second-order valence-electron chi connectivity index (χ2n) is 10.7. The molecule has 198 valence electrons. The number of hydrogen-bond acceptors (Lipinski definition) is 8. The van der Waals surface area contributed by atoms with Crippen LogP contribution in [0.5, 0.6) is 11.6 Å². The van der Waals surface area contributed by atoms with Crippen LogP contribution < -0.4 is 9.47 Å². The van der Waals surface area contributed by atoms with Crippen LogP contribution in [-0.4, -0.2) is 68.2 Å². The predicted molar refractivity (Wildman–Crippen MR) is 135 cm³/mol. The SMILES string of the molecule is CC1CC(C(=O)OCCN2CCC(COc3noc4cccc(OCC5CCCC5)c34)CC2)CCO1. The predicted octanol–water partition coefficient (Wildman–Crippen LogP) is 4.85. The van der Waals surface area contributed by atoms with Gasteiger partial charge in [0, 0.05) is 13.2 Å². The topological polar surface area (TPSA) is 83.3 Å². The summed E-state index contributed by atoms with van der Waals surface area (Å²) in [5, 5.41) is 5.03. The number of ether oxygens (including phenoxy) is 4. The Kier molecular flexibility index (Phi) is 8.64. The van der Waals surface area contributed by atoms with Crippen molar-refractivity contribution in [2.75, 3.05) is 46.1 Å². The number of carbonyl (C=O) groups is 1. The summed E-state index contributed by atoms with van der Waals surface area (Å²) in [5.41, 5.74) is 0.702. The van der Waals surface area contributed by atoms with E-state index in [0.717, 1.165) is 63.1 Å². The minimum atomic E-state index is -0.0696. The molecule has 2 aliphatic heterocycles. The van der Waals surface area contributed by atoms with Crippen molar-refractivity contribution in [2.24, 2.45) is 17.8 Å².